The van der Waals surface area contributed by atoms with E-state index in [0.717, 1.165) is 32.1 Å². The Morgan fingerprint density at radius 2 is 1.75 bits per heavy atom. The molecule has 0 radical (unpaired) electrons. The Bertz CT molecular complexity index is 502. The van der Waals surface area contributed by atoms with Crippen molar-refractivity contribution in [3.05, 3.63) is 0 Å². The maximum atomic E-state index is 12.5. The Labute approximate surface area is 143 Å². The van der Waals surface area contributed by atoms with E-state index in [-0.39, 0.29) is 18.4 Å². The van der Waals surface area contributed by atoms with Crippen molar-refractivity contribution in [3.8, 4) is 0 Å². The molecular formula is C17H28N2O5. The molecule has 0 aromatic heterocycles. The minimum absolute atomic E-state index is 0.0923. The van der Waals surface area contributed by atoms with E-state index >= 15 is 0 Å². The van der Waals surface area contributed by atoms with Crippen LogP contribution >= 0.6 is 0 Å². The van der Waals surface area contributed by atoms with Gasteiger partial charge in [0.15, 0.2) is 5.71 Å². The summed E-state index contributed by atoms with van der Waals surface area (Å²) in [4.78, 5) is 35.7. The Kier molecular flexibility index (Phi) is 7.38. The fraction of sp³-hybridized carbons (Fsp3) is 0.765. The second-order valence-corrected chi connectivity index (χ2v) is 7.02. The van der Waals surface area contributed by atoms with E-state index in [4.69, 9.17) is 4.74 Å². The number of hydrogen-bond acceptors (Lipinski definition) is 5. The van der Waals surface area contributed by atoms with Crippen molar-refractivity contribution in [1.29, 1.82) is 0 Å². The summed E-state index contributed by atoms with van der Waals surface area (Å²) in [5.41, 5.74) is -0.812. The summed E-state index contributed by atoms with van der Waals surface area (Å²) in [6.45, 7) is 7.06. The highest BCUT2D eigenvalue weighted by atomic mass is 16.5. The zero-order chi connectivity index (χ0) is 18.3. The van der Waals surface area contributed by atoms with Crippen LogP contribution in [0.5, 0.6) is 0 Å². The molecule has 0 bridgehead atoms. The van der Waals surface area contributed by atoms with Gasteiger partial charge in [0.25, 0.3) is 5.91 Å². The number of ether oxygens (including phenoxy) is 1. The van der Waals surface area contributed by atoms with Gasteiger partial charge in [-0.2, -0.15) is 5.10 Å². The van der Waals surface area contributed by atoms with Crippen LogP contribution in [0.15, 0.2) is 5.10 Å². The molecular weight excluding hydrogens is 312 g/mol. The van der Waals surface area contributed by atoms with E-state index in [1.54, 1.807) is 27.7 Å². The van der Waals surface area contributed by atoms with E-state index in [1.165, 1.54) is 5.01 Å². The number of hydrogen-bond donors (Lipinski definition) is 1. The molecule has 1 rings (SSSR count). The fourth-order valence-corrected chi connectivity index (χ4v) is 2.70. The number of carbonyl (C=O) groups is 3. The summed E-state index contributed by atoms with van der Waals surface area (Å²) in [7, 11) is 0. The average Bonchev–Trinajstić information content (AvgIpc) is 2.47. The lowest BCUT2D eigenvalue weighted by Crippen LogP contribution is -2.42. The van der Waals surface area contributed by atoms with Gasteiger partial charge in [0.1, 0.15) is 6.42 Å². The van der Waals surface area contributed by atoms with Gasteiger partial charge < -0.3 is 9.84 Å². The van der Waals surface area contributed by atoms with Crippen LogP contribution in [0.25, 0.3) is 0 Å². The molecule has 1 saturated carbocycles. The molecule has 0 aliphatic heterocycles. The molecule has 1 fully saturated rings. The van der Waals surface area contributed by atoms with Gasteiger partial charge in [-0.3, -0.25) is 9.59 Å². The number of carbonyl (C=O) groups excluding carboxylic acids is 2. The predicted molar refractivity (Wildman–Crippen MR) is 89.5 cm³/mol. The lowest BCUT2D eigenvalue weighted by Gasteiger charge is -2.32. The molecule has 0 saturated heterocycles. The third-order valence-corrected chi connectivity index (χ3v) is 3.90. The van der Waals surface area contributed by atoms with Crippen molar-refractivity contribution in [2.45, 2.75) is 72.3 Å². The molecule has 1 N–H and O–H groups in total. The summed E-state index contributed by atoms with van der Waals surface area (Å²) in [5.74, 6) is -2.29. The predicted octanol–water partition coefficient (Wildman–Crippen LogP) is 2.59. The first kappa shape index (κ1) is 20.1. The quantitative estimate of drug-likeness (QED) is 0.347. The average molecular weight is 340 g/mol. The van der Waals surface area contributed by atoms with Crippen LogP contribution in [-0.4, -0.2) is 46.3 Å². The topological polar surface area (TPSA) is 96.3 Å². The standard InChI is InChI=1S/C17H28N2O5/c1-5-24-14(21)11-13(20)19(12-9-7-6-8-10-12)18-15(16(22)23)17(2,3)4/h12H,5-11H2,1-4H3,(H,22,23). The summed E-state index contributed by atoms with van der Waals surface area (Å²) in [6.07, 6.45) is 4.10. The maximum Gasteiger partial charge on any atom is 0.352 e. The minimum atomic E-state index is -1.16. The van der Waals surface area contributed by atoms with Crippen LogP contribution in [0.1, 0.15) is 66.2 Å². The SMILES string of the molecule is CCOC(=O)CC(=O)N(N=C(C(=O)O)C(C)(C)C)C1CCCCC1. The first-order chi connectivity index (χ1) is 11.2. The molecule has 0 atom stereocenters. The van der Waals surface area contributed by atoms with E-state index in [1.807, 2.05) is 0 Å². The van der Waals surface area contributed by atoms with Gasteiger partial charge in [-0.15, -0.1) is 0 Å². The lowest BCUT2D eigenvalue weighted by atomic mass is 9.90. The van der Waals surface area contributed by atoms with E-state index in [2.05, 4.69) is 5.10 Å². The van der Waals surface area contributed by atoms with Crippen molar-refractivity contribution in [2.24, 2.45) is 10.5 Å². The normalized spacial score (nSPS) is 16.6. The van der Waals surface area contributed by atoms with Crippen LogP contribution in [0.4, 0.5) is 0 Å². The number of carboxylic acids is 1. The molecule has 0 aromatic rings. The first-order valence-corrected chi connectivity index (χ1v) is 8.46. The van der Waals surface area contributed by atoms with Gasteiger partial charge in [-0.05, 0) is 19.8 Å². The van der Waals surface area contributed by atoms with Crippen molar-refractivity contribution in [3.63, 3.8) is 0 Å². The number of rotatable bonds is 6. The zero-order valence-corrected chi connectivity index (χ0v) is 15.0. The van der Waals surface area contributed by atoms with E-state index in [0.29, 0.717) is 0 Å². The highest BCUT2D eigenvalue weighted by molar-refractivity contribution is 6.37. The smallest absolute Gasteiger partial charge is 0.352 e. The van der Waals surface area contributed by atoms with Crippen molar-refractivity contribution in [1.82, 2.24) is 5.01 Å². The van der Waals surface area contributed by atoms with Crippen LogP contribution in [0.2, 0.25) is 0 Å². The summed E-state index contributed by atoms with van der Waals surface area (Å²) >= 11 is 0. The first-order valence-electron chi connectivity index (χ1n) is 8.46. The molecule has 0 heterocycles. The third kappa shape index (κ3) is 5.94. The molecule has 136 valence electrons. The molecule has 1 aliphatic rings. The summed E-state index contributed by atoms with van der Waals surface area (Å²) in [5, 5.41) is 14.8. The van der Waals surface area contributed by atoms with Crippen LogP contribution < -0.4 is 0 Å². The van der Waals surface area contributed by atoms with Crippen molar-refractivity contribution < 1.29 is 24.2 Å². The fourth-order valence-electron chi connectivity index (χ4n) is 2.70. The van der Waals surface area contributed by atoms with Gasteiger partial charge in [-0.25, -0.2) is 9.80 Å². The minimum Gasteiger partial charge on any atom is -0.477 e. The largest absolute Gasteiger partial charge is 0.477 e. The number of aliphatic carboxylic acids is 1. The molecule has 24 heavy (non-hydrogen) atoms. The zero-order valence-electron chi connectivity index (χ0n) is 15.0. The number of nitrogens with zero attached hydrogens (tertiary/aromatic N) is 2. The molecule has 0 spiro atoms. The second-order valence-electron chi connectivity index (χ2n) is 7.02. The van der Waals surface area contributed by atoms with Crippen LogP contribution in [0.3, 0.4) is 0 Å². The highest BCUT2D eigenvalue weighted by Crippen LogP contribution is 2.25. The number of amides is 1. The molecule has 1 amide bonds. The second kappa shape index (κ2) is 8.80. The molecule has 0 aromatic carbocycles. The van der Waals surface area contributed by atoms with Crippen molar-refractivity contribution >= 4 is 23.6 Å². The number of esters is 1. The molecule has 0 unspecified atom stereocenters. The third-order valence-electron chi connectivity index (χ3n) is 3.90. The maximum absolute atomic E-state index is 12.5. The van der Waals surface area contributed by atoms with Crippen LogP contribution in [-0.2, 0) is 19.1 Å². The number of hydrazone groups is 1. The molecule has 7 heteroatoms. The van der Waals surface area contributed by atoms with Gasteiger partial charge in [0.2, 0.25) is 0 Å². The Morgan fingerprint density at radius 3 is 2.21 bits per heavy atom. The Balaban J connectivity index is 3.10. The van der Waals surface area contributed by atoms with E-state index in [9.17, 15) is 19.5 Å². The molecule has 7 nitrogen and oxygen atoms in total. The van der Waals surface area contributed by atoms with Gasteiger partial charge >= 0.3 is 11.9 Å². The summed E-state index contributed by atoms with van der Waals surface area (Å²) in [6, 6.07) is -0.169. The highest BCUT2D eigenvalue weighted by Gasteiger charge is 2.32. The van der Waals surface area contributed by atoms with E-state index < -0.39 is 29.7 Å². The van der Waals surface area contributed by atoms with Crippen LogP contribution in [0, 0.1) is 5.41 Å². The Morgan fingerprint density at radius 1 is 1.17 bits per heavy atom. The lowest BCUT2D eigenvalue weighted by molar-refractivity contribution is -0.149. The number of carboxylic acid groups (broad SMARTS) is 1. The van der Waals surface area contributed by atoms with Gasteiger partial charge in [-0.1, -0.05) is 40.0 Å². The Hall–Kier alpha value is -1.92. The summed E-state index contributed by atoms with van der Waals surface area (Å²) < 4.78 is 4.82. The van der Waals surface area contributed by atoms with Gasteiger partial charge in [0.05, 0.1) is 12.6 Å². The molecule has 1 aliphatic carbocycles. The monoisotopic (exact) mass is 340 g/mol. The van der Waals surface area contributed by atoms with Crippen molar-refractivity contribution in [2.75, 3.05) is 6.61 Å². The van der Waals surface area contributed by atoms with Gasteiger partial charge in [0, 0.05) is 5.41 Å².